The molecule has 168 valence electrons. The first-order valence-corrected chi connectivity index (χ1v) is 11.9. The molecular weight excluding hydrogens is 406 g/mol. The fourth-order valence-corrected chi connectivity index (χ4v) is 5.76. The minimum atomic E-state index is 0.101. The number of nitrogens with zero attached hydrogens (tertiary/aromatic N) is 2. The Morgan fingerprint density at radius 2 is 1.76 bits per heavy atom. The number of nitrogens with two attached hydrogens (primary N) is 1. The van der Waals surface area contributed by atoms with E-state index in [-0.39, 0.29) is 11.6 Å². The number of para-hydroxylation sites is 2. The van der Waals surface area contributed by atoms with E-state index in [1.165, 1.54) is 28.2 Å². The lowest BCUT2D eigenvalue weighted by Gasteiger charge is -2.30. The van der Waals surface area contributed by atoms with Gasteiger partial charge in [-0.05, 0) is 48.6 Å². The van der Waals surface area contributed by atoms with Gasteiger partial charge in [-0.1, -0.05) is 63.3 Å². The number of nitrogen functional groups attached to an aromatic ring is 1. The van der Waals surface area contributed by atoms with Gasteiger partial charge in [0, 0.05) is 34.5 Å². The average Bonchev–Trinajstić information content (AvgIpc) is 3.42. The SMILES string of the molecule is C/C=C\c1c(N)oc2c1=CCC1CN3c4ccccc4N(c4ccc(C(C)(C)C)cc4)[C@H]3C=21. The number of benzene rings is 2. The zero-order chi connectivity index (χ0) is 22.9. The fraction of sp³-hybridized carbons (Fsp3) is 0.310. The number of furan rings is 1. The lowest BCUT2D eigenvalue weighted by Crippen LogP contribution is -2.41. The molecule has 1 unspecified atom stereocenters. The summed E-state index contributed by atoms with van der Waals surface area (Å²) in [6, 6.07) is 17.8. The smallest absolute Gasteiger partial charge is 0.198 e. The Hall–Kier alpha value is -3.40. The fourth-order valence-electron chi connectivity index (χ4n) is 5.76. The van der Waals surface area contributed by atoms with Gasteiger partial charge in [0.15, 0.2) is 5.88 Å². The summed E-state index contributed by atoms with van der Waals surface area (Å²) in [5.74, 6) is 0.939. The van der Waals surface area contributed by atoms with Gasteiger partial charge in [-0.15, -0.1) is 0 Å². The van der Waals surface area contributed by atoms with E-state index in [1.54, 1.807) is 0 Å². The molecule has 4 nitrogen and oxygen atoms in total. The number of hydrogen-bond acceptors (Lipinski definition) is 4. The molecule has 0 radical (unpaired) electrons. The highest BCUT2D eigenvalue weighted by Gasteiger charge is 2.48. The van der Waals surface area contributed by atoms with Gasteiger partial charge in [-0.25, -0.2) is 0 Å². The van der Waals surface area contributed by atoms with Crippen LogP contribution in [0.1, 0.15) is 45.2 Å². The van der Waals surface area contributed by atoms with Crippen LogP contribution < -0.4 is 26.2 Å². The largest absolute Gasteiger partial charge is 0.440 e. The van der Waals surface area contributed by atoms with Crippen molar-refractivity contribution in [2.45, 2.75) is 45.7 Å². The van der Waals surface area contributed by atoms with Crippen LogP contribution in [-0.4, -0.2) is 12.7 Å². The molecular formula is C29H31N3O. The van der Waals surface area contributed by atoms with Crippen molar-refractivity contribution < 1.29 is 4.42 Å². The molecule has 2 atom stereocenters. The first-order chi connectivity index (χ1) is 15.9. The molecule has 2 N–H and O–H groups in total. The number of rotatable bonds is 2. The summed E-state index contributed by atoms with van der Waals surface area (Å²) in [4.78, 5) is 5.03. The van der Waals surface area contributed by atoms with Crippen molar-refractivity contribution in [2.24, 2.45) is 5.92 Å². The van der Waals surface area contributed by atoms with E-state index >= 15 is 0 Å². The second-order valence-electron chi connectivity index (χ2n) is 10.4. The molecule has 0 bridgehead atoms. The molecule has 6 rings (SSSR count). The van der Waals surface area contributed by atoms with Gasteiger partial charge in [0.1, 0.15) is 11.6 Å². The molecule has 2 aromatic carbocycles. The minimum absolute atomic E-state index is 0.101. The number of hydrogen-bond donors (Lipinski definition) is 1. The topological polar surface area (TPSA) is 45.6 Å². The predicted octanol–water partition coefficient (Wildman–Crippen LogP) is 5.14. The van der Waals surface area contributed by atoms with Gasteiger partial charge >= 0.3 is 0 Å². The van der Waals surface area contributed by atoms with Crippen molar-refractivity contribution >= 4 is 40.7 Å². The van der Waals surface area contributed by atoms with Crippen molar-refractivity contribution in [3.8, 4) is 0 Å². The first kappa shape index (κ1) is 20.2. The third-order valence-electron chi connectivity index (χ3n) is 7.35. The molecule has 1 saturated heterocycles. The van der Waals surface area contributed by atoms with E-state index in [9.17, 15) is 0 Å². The zero-order valence-corrected chi connectivity index (χ0v) is 19.8. The molecule has 33 heavy (non-hydrogen) atoms. The summed E-state index contributed by atoms with van der Waals surface area (Å²) in [6.07, 6.45) is 7.52. The van der Waals surface area contributed by atoms with E-state index in [0.717, 1.165) is 29.2 Å². The monoisotopic (exact) mass is 437 g/mol. The Morgan fingerprint density at radius 3 is 2.45 bits per heavy atom. The third kappa shape index (κ3) is 2.90. The molecule has 4 heteroatoms. The van der Waals surface area contributed by atoms with E-state index in [4.69, 9.17) is 10.2 Å². The van der Waals surface area contributed by atoms with E-state index in [1.807, 2.05) is 13.0 Å². The maximum atomic E-state index is 6.34. The van der Waals surface area contributed by atoms with Gasteiger partial charge in [-0.2, -0.15) is 0 Å². The Balaban J connectivity index is 1.57. The summed E-state index contributed by atoms with van der Waals surface area (Å²) < 4.78 is 6.26. The van der Waals surface area contributed by atoms with E-state index in [2.05, 4.69) is 91.3 Å². The van der Waals surface area contributed by atoms with Crippen LogP contribution in [0.15, 0.2) is 59.0 Å². The van der Waals surface area contributed by atoms with Crippen molar-refractivity contribution in [1.29, 1.82) is 0 Å². The molecule has 0 spiro atoms. The molecule has 2 aliphatic heterocycles. The van der Waals surface area contributed by atoms with Gasteiger partial charge in [0.2, 0.25) is 0 Å². The number of fused-ring (bicyclic) bond motifs is 6. The van der Waals surface area contributed by atoms with E-state index in [0.29, 0.717) is 11.8 Å². The molecule has 3 aromatic rings. The highest BCUT2D eigenvalue weighted by atomic mass is 16.3. The molecule has 3 aliphatic rings. The summed E-state index contributed by atoms with van der Waals surface area (Å²) in [5, 5.41) is 1.15. The zero-order valence-electron chi connectivity index (χ0n) is 19.8. The maximum Gasteiger partial charge on any atom is 0.198 e. The summed E-state index contributed by atoms with van der Waals surface area (Å²) >= 11 is 0. The van der Waals surface area contributed by atoms with Gasteiger partial charge in [0.25, 0.3) is 0 Å². The quantitative estimate of drug-likeness (QED) is 0.603. The highest BCUT2D eigenvalue weighted by molar-refractivity contribution is 5.91. The first-order valence-electron chi connectivity index (χ1n) is 11.9. The average molecular weight is 438 g/mol. The highest BCUT2D eigenvalue weighted by Crippen LogP contribution is 2.52. The Morgan fingerprint density at radius 1 is 1.03 bits per heavy atom. The lowest BCUT2D eigenvalue weighted by molar-refractivity contribution is 0.534. The normalized spacial score (nSPS) is 21.2. The van der Waals surface area contributed by atoms with Crippen molar-refractivity contribution in [2.75, 3.05) is 22.1 Å². The lowest BCUT2D eigenvalue weighted by atomic mass is 9.87. The van der Waals surface area contributed by atoms with Crippen LogP contribution in [-0.2, 0) is 5.41 Å². The van der Waals surface area contributed by atoms with Crippen LogP contribution >= 0.6 is 0 Å². The standard InChI is InChI=1S/C29H31N3O/c1-5-8-22-21-16-11-18-17-31-23-9-6-7-10-24(23)32(28(31)25(18)26(21)33-27(22)30)20-14-12-19(13-15-20)29(2,3)4/h5-10,12-16,18,28H,11,17,30H2,1-4H3/b8-5-/t18?,28-/m0/s1. The molecule has 1 fully saturated rings. The van der Waals surface area contributed by atoms with Crippen LogP contribution in [0.5, 0.6) is 0 Å². The number of allylic oxidation sites excluding steroid dienone is 1. The summed E-state index contributed by atoms with van der Waals surface area (Å²) in [6.45, 7) is 9.79. The van der Waals surface area contributed by atoms with Crippen molar-refractivity contribution in [3.63, 3.8) is 0 Å². The second kappa shape index (κ2) is 7.05. The maximum absolute atomic E-state index is 6.34. The van der Waals surface area contributed by atoms with Gasteiger partial charge in [0.05, 0.1) is 11.4 Å². The van der Waals surface area contributed by atoms with E-state index < -0.39 is 0 Å². The van der Waals surface area contributed by atoms with Gasteiger partial charge < -0.3 is 20.0 Å². The molecule has 0 saturated carbocycles. The molecule has 1 aliphatic carbocycles. The summed E-state index contributed by atoms with van der Waals surface area (Å²) in [5.41, 5.74) is 14.9. The predicted molar refractivity (Wildman–Crippen MR) is 138 cm³/mol. The van der Waals surface area contributed by atoms with Crippen molar-refractivity contribution in [1.82, 2.24) is 0 Å². The van der Waals surface area contributed by atoms with Crippen LogP contribution in [0.25, 0.3) is 17.7 Å². The Labute approximate surface area is 195 Å². The molecule has 3 heterocycles. The molecule has 0 amide bonds. The van der Waals surface area contributed by atoms with Gasteiger partial charge in [-0.3, -0.25) is 0 Å². The third-order valence-corrected chi connectivity index (χ3v) is 7.35. The van der Waals surface area contributed by atoms with Crippen LogP contribution in [0.3, 0.4) is 0 Å². The minimum Gasteiger partial charge on any atom is -0.440 e. The molecule has 1 aromatic heterocycles. The Bertz CT molecular complexity index is 1390. The second-order valence-corrected chi connectivity index (χ2v) is 10.4. The van der Waals surface area contributed by atoms with Crippen LogP contribution in [0.4, 0.5) is 22.9 Å². The number of anilines is 4. The van der Waals surface area contributed by atoms with Crippen LogP contribution in [0.2, 0.25) is 0 Å². The van der Waals surface area contributed by atoms with Crippen LogP contribution in [0, 0.1) is 5.92 Å². The summed E-state index contributed by atoms with van der Waals surface area (Å²) in [7, 11) is 0. The van der Waals surface area contributed by atoms with Crippen molar-refractivity contribution in [3.05, 3.63) is 76.4 Å². The Kier molecular flexibility index (Phi) is 4.32.